The highest BCUT2D eigenvalue weighted by Crippen LogP contribution is 2.40. The van der Waals surface area contributed by atoms with Gasteiger partial charge in [0.1, 0.15) is 83.5 Å². The predicted molar refractivity (Wildman–Crippen MR) is 171 cm³/mol. The van der Waals surface area contributed by atoms with E-state index in [0.29, 0.717) is 0 Å². The Balaban J connectivity index is 1.23. The normalized spacial score (nSPS) is 37.8. The summed E-state index contributed by atoms with van der Waals surface area (Å²) in [7, 11) is 0. The highest BCUT2D eigenvalue weighted by Gasteiger charge is 2.51. The van der Waals surface area contributed by atoms with E-state index in [0.717, 1.165) is 24.3 Å². The van der Waals surface area contributed by atoms with Crippen LogP contribution in [0.3, 0.4) is 0 Å². The second-order valence-corrected chi connectivity index (χ2v) is 13.1. The molecule has 3 saturated heterocycles. The molecule has 0 saturated carbocycles. The van der Waals surface area contributed by atoms with Crippen LogP contribution in [0.4, 0.5) is 0 Å². The first kappa shape index (κ1) is 38.8. The van der Waals surface area contributed by atoms with Crippen molar-refractivity contribution in [3.05, 3.63) is 40.6 Å². The van der Waals surface area contributed by atoms with Crippen LogP contribution in [-0.4, -0.2) is 160 Å². The lowest BCUT2D eigenvalue weighted by Gasteiger charge is -2.46. The first-order chi connectivity index (χ1) is 25.0. The summed E-state index contributed by atoms with van der Waals surface area (Å²) in [6.07, 6.45) is -24.5. The second-order valence-electron chi connectivity index (χ2n) is 13.1. The fraction of sp³-hybridized carbons (Fsp3) is 0.545. The van der Waals surface area contributed by atoms with Crippen molar-refractivity contribution in [2.75, 3.05) is 6.61 Å². The van der Waals surface area contributed by atoms with Crippen LogP contribution in [0, 0.1) is 0 Å². The fourth-order valence-electron chi connectivity index (χ4n) is 6.26. The number of phenols is 4. The Kier molecular flexibility index (Phi) is 11.1. The van der Waals surface area contributed by atoms with Crippen LogP contribution in [0.25, 0.3) is 22.3 Å². The maximum absolute atomic E-state index is 13.7. The van der Waals surface area contributed by atoms with E-state index in [1.165, 1.54) is 19.9 Å². The smallest absolute Gasteiger partial charge is 0.239 e. The molecular weight excluding hydrogens is 716 g/mol. The van der Waals surface area contributed by atoms with Gasteiger partial charge in [-0.1, -0.05) is 0 Å². The minimum Gasteiger partial charge on any atom is -0.508 e. The summed E-state index contributed by atoms with van der Waals surface area (Å²) in [6, 6.07) is 5.15. The van der Waals surface area contributed by atoms with Gasteiger partial charge in [-0.2, -0.15) is 0 Å². The van der Waals surface area contributed by atoms with Crippen molar-refractivity contribution in [1.29, 1.82) is 0 Å². The number of hydrogen-bond acceptors (Lipinski definition) is 20. The average molecular weight is 757 g/mol. The maximum atomic E-state index is 13.7. The maximum Gasteiger partial charge on any atom is 0.239 e. The van der Waals surface area contributed by atoms with Crippen LogP contribution in [0.15, 0.2) is 39.5 Å². The number of rotatable bonds is 8. The van der Waals surface area contributed by atoms with Crippen molar-refractivity contribution >= 4 is 11.0 Å². The summed E-state index contributed by atoms with van der Waals surface area (Å²) < 4.78 is 39.5. The molecule has 0 unspecified atom stereocenters. The quantitative estimate of drug-likeness (QED) is 0.103. The highest BCUT2D eigenvalue weighted by molar-refractivity contribution is 5.88. The molecule has 3 aliphatic rings. The van der Waals surface area contributed by atoms with E-state index in [2.05, 4.69) is 0 Å². The van der Waals surface area contributed by atoms with Gasteiger partial charge in [0.15, 0.2) is 29.8 Å². The molecule has 292 valence electrons. The molecule has 20 heteroatoms. The lowest BCUT2D eigenvalue weighted by atomic mass is 9.97. The molecule has 53 heavy (non-hydrogen) atoms. The van der Waals surface area contributed by atoms with Gasteiger partial charge in [0.05, 0.1) is 18.8 Å². The van der Waals surface area contributed by atoms with Gasteiger partial charge >= 0.3 is 0 Å². The third-order valence-corrected chi connectivity index (χ3v) is 9.36. The molecule has 6 rings (SSSR count). The summed E-state index contributed by atoms with van der Waals surface area (Å²) in [5.41, 5.74) is -1.45. The molecule has 3 aliphatic heterocycles. The van der Waals surface area contributed by atoms with Gasteiger partial charge < -0.3 is 94.1 Å². The number of hydrogen-bond donors (Lipinski definition) is 12. The molecule has 0 spiro atoms. The Morgan fingerprint density at radius 2 is 1.28 bits per heavy atom. The molecule has 20 nitrogen and oxygen atoms in total. The second kappa shape index (κ2) is 15.1. The number of phenolic OH excluding ortho intramolecular Hbond substituents is 4. The van der Waals surface area contributed by atoms with Crippen molar-refractivity contribution in [2.24, 2.45) is 0 Å². The van der Waals surface area contributed by atoms with Gasteiger partial charge in [-0.15, -0.1) is 0 Å². The van der Waals surface area contributed by atoms with Crippen molar-refractivity contribution < 1.29 is 94.1 Å². The zero-order valence-corrected chi connectivity index (χ0v) is 27.9. The topological polar surface area (TPSA) is 328 Å². The van der Waals surface area contributed by atoms with Gasteiger partial charge in [0, 0.05) is 17.7 Å². The fourth-order valence-corrected chi connectivity index (χ4v) is 6.26. The van der Waals surface area contributed by atoms with Crippen LogP contribution < -0.4 is 10.2 Å². The zero-order valence-electron chi connectivity index (χ0n) is 27.9. The Bertz CT molecular complexity index is 1830. The predicted octanol–water partition coefficient (Wildman–Crippen LogP) is -2.84. The van der Waals surface area contributed by atoms with Crippen molar-refractivity contribution in [1.82, 2.24) is 0 Å². The van der Waals surface area contributed by atoms with E-state index < -0.39 is 144 Å². The molecule has 3 fully saturated rings. The van der Waals surface area contributed by atoms with Crippen LogP contribution in [0.1, 0.15) is 13.8 Å². The van der Waals surface area contributed by atoms with Gasteiger partial charge in [0.25, 0.3) is 0 Å². The molecule has 15 atom stereocenters. The summed E-state index contributed by atoms with van der Waals surface area (Å²) >= 11 is 0. The minimum atomic E-state index is -2.03. The van der Waals surface area contributed by atoms with Crippen LogP contribution in [0.2, 0.25) is 0 Å². The zero-order chi connectivity index (χ0) is 38.6. The third kappa shape index (κ3) is 7.34. The van der Waals surface area contributed by atoms with Gasteiger partial charge in [-0.3, -0.25) is 4.79 Å². The van der Waals surface area contributed by atoms with Crippen LogP contribution in [0.5, 0.6) is 28.7 Å². The summed E-state index contributed by atoms with van der Waals surface area (Å²) in [4.78, 5) is 13.7. The van der Waals surface area contributed by atoms with Gasteiger partial charge in [-0.05, 0) is 32.0 Å². The van der Waals surface area contributed by atoms with Crippen molar-refractivity contribution in [2.45, 2.75) is 106 Å². The number of ether oxygens (including phenoxy) is 6. The lowest BCUT2D eigenvalue weighted by Crippen LogP contribution is -2.64. The van der Waals surface area contributed by atoms with E-state index in [1.807, 2.05) is 0 Å². The molecule has 12 N–H and O–H groups in total. The SMILES string of the molecule is C[C@@H]1O[C@H](O[C@@H]2[C@@H](O)[C@H](C)O[C@@H](OC[C@@H]3O[C@H](Oc4c(-c5ccc(O)c(O)c5)oc5cc(O)cc(O)c5c4=O)[C@@H](O)[C@@H](O)[C@H]3O)[C@@H]2O)[C@@H](O)[C@H](O)[C@H]1O. The third-order valence-electron chi connectivity index (χ3n) is 9.36. The number of fused-ring (bicyclic) bond motifs is 1. The van der Waals surface area contributed by atoms with Crippen LogP contribution in [-0.2, 0) is 23.7 Å². The molecule has 0 aliphatic carbocycles. The van der Waals surface area contributed by atoms with E-state index >= 15 is 0 Å². The molecule has 2 aromatic carbocycles. The lowest BCUT2D eigenvalue weighted by molar-refractivity contribution is -0.358. The molecule has 4 heterocycles. The summed E-state index contributed by atoms with van der Waals surface area (Å²) in [5, 5.41) is 125. The number of aromatic hydroxyl groups is 4. The molecule has 0 amide bonds. The number of benzene rings is 2. The van der Waals surface area contributed by atoms with Crippen molar-refractivity contribution in [3.63, 3.8) is 0 Å². The molecule has 1 aromatic heterocycles. The van der Waals surface area contributed by atoms with E-state index in [4.69, 9.17) is 32.8 Å². The van der Waals surface area contributed by atoms with E-state index in [1.54, 1.807) is 0 Å². The molecular formula is C33H40O20. The van der Waals surface area contributed by atoms with E-state index in [-0.39, 0.29) is 11.1 Å². The average Bonchev–Trinajstić information content (AvgIpc) is 3.11. The highest BCUT2D eigenvalue weighted by atomic mass is 16.7. The molecule has 0 bridgehead atoms. The minimum absolute atomic E-state index is 0.0642. The number of aliphatic hydroxyl groups excluding tert-OH is 8. The Hall–Kier alpha value is -3.87. The summed E-state index contributed by atoms with van der Waals surface area (Å²) in [6.45, 7) is 2.11. The standard InChI is InChI=1S/C33H40O20/c1-9-19(38)23(42)25(44)32(49-9)52-29-20(39)10(2)48-31(27(29)46)47-8-17-21(40)24(43)26(45)33(51-17)53-30-22(41)18-15(37)6-12(34)7-16(18)50-28(30)11-3-4-13(35)14(36)5-11/h3-7,9-10,17,19-21,23-27,29,31-40,42-46H,8H2,1-2H3/t9-,10-,17-,19-,20-,21-,23+,24-,25-,26-,27+,29+,31+,32+,33+/m0/s1. The first-order valence-corrected chi connectivity index (χ1v) is 16.4. The van der Waals surface area contributed by atoms with Gasteiger partial charge in [-0.25, -0.2) is 0 Å². The van der Waals surface area contributed by atoms with Gasteiger partial charge in [0.2, 0.25) is 17.5 Å². The molecule has 3 aromatic rings. The van der Waals surface area contributed by atoms with E-state index in [9.17, 15) is 66.1 Å². The Labute approximate surface area is 298 Å². The molecule has 0 radical (unpaired) electrons. The monoisotopic (exact) mass is 756 g/mol. The largest absolute Gasteiger partial charge is 0.508 e. The van der Waals surface area contributed by atoms with Crippen molar-refractivity contribution in [3.8, 4) is 40.1 Å². The number of aliphatic hydroxyl groups is 8. The Morgan fingerprint density at radius 3 is 1.98 bits per heavy atom. The first-order valence-electron chi connectivity index (χ1n) is 16.4. The summed E-state index contributed by atoms with van der Waals surface area (Å²) in [5.74, 6) is -3.51. The van der Waals surface area contributed by atoms with Crippen LogP contribution >= 0.6 is 0 Å². The Morgan fingerprint density at radius 1 is 0.642 bits per heavy atom.